The maximum Gasteiger partial charge on any atom is 0.227 e. The van der Waals surface area contributed by atoms with Crippen LogP contribution < -0.4 is 10.1 Å². The fourth-order valence-corrected chi connectivity index (χ4v) is 4.56. The maximum atomic E-state index is 12.4. The predicted molar refractivity (Wildman–Crippen MR) is 126 cm³/mol. The van der Waals surface area contributed by atoms with Crippen molar-refractivity contribution in [1.82, 2.24) is 4.57 Å². The Hall–Kier alpha value is -3.26. The molecule has 1 aliphatic carbocycles. The highest BCUT2D eigenvalue weighted by atomic mass is 16.5. The summed E-state index contributed by atoms with van der Waals surface area (Å²) in [5.74, 6) is 1.05. The first-order valence-corrected chi connectivity index (χ1v) is 11.2. The molecule has 1 aliphatic rings. The van der Waals surface area contributed by atoms with Gasteiger partial charge in [0.1, 0.15) is 11.8 Å². The molecule has 5 nitrogen and oxygen atoms in total. The van der Waals surface area contributed by atoms with Crippen LogP contribution in [0.5, 0.6) is 5.75 Å². The van der Waals surface area contributed by atoms with Crippen LogP contribution in [0.2, 0.25) is 0 Å². The van der Waals surface area contributed by atoms with Crippen molar-refractivity contribution in [3.63, 3.8) is 0 Å². The molecule has 1 fully saturated rings. The Morgan fingerprint density at radius 1 is 1.23 bits per heavy atom. The molecule has 0 atom stereocenters. The van der Waals surface area contributed by atoms with Gasteiger partial charge in [0.25, 0.3) is 0 Å². The third kappa shape index (κ3) is 4.16. The highest BCUT2D eigenvalue weighted by Crippen LogP contribution is 2.36. The van der Waals surface area contributed by atoms with E-state index in [1.54, 1.807) is 0 Å². The second-order valence-corrected chi connectivity index (χ2v) is 8.47. The summed E-state index contributed by atoms with van der Waals surface area (Å²) < 4.78 is 8.03. The van der Waals surface area contributed by atoms with Crippen LogP contribution >= 0.6 is 0 Å². The monoisotopic (exact) mass is 417 g/mol. The second-order valence-electron chi connectivity index (χ2n) is 8.47. The molecule has 0 unspecified atom stereocenters. The number of carbonyl (C=O) groups excluding carboxylic acids is 1. The Morgan fingerprint density at radius 3 is 2.55 bits per heavy atom. The number of hydrogen-bond acceptors (Lipinski definition) is 3. The van der Waals surface area contributed by atoms with Gasteiger partial charge in [-0.05, 0) is 63.4 Å². The molecule has 1 heterocycles. The smallest absolute Gasteiger partial charge is 0.227 e. The molecule has 0 saturated heterocycles. The van der Waals surface area contributed by atoms with Crippen LogP contribution in [0.4, 0.5) is 5.69 Å². The average Bonchev–Trinajstić information content (AvgIpc) is 3.39. The number of ether oxygens (including phenoxy) is 1. The summed E-state index contributed by atoms with van der Waals surface area (Å²) in [6.45, 7) is 6.82. The highest BCUT2D eigenvalue weighted by Gasteiger charge is 2.23. The van der Waals surface area contributed by atoms with Gasteiger partial charge in [0, 0.05) is 31.0 Å². The number of hydrogen-bond donors (Lipinski definition) is 1. The number of nitrogens with one attached hydrogen (secondary N) is 1. The van der Waals surface area contributed by atoms with Crippen molar-refractivity contribution in [2.24, 2.45) is 5.92 Å². The zero-order valence-corrected chi connectivity index (χ0v) is 18.4. The molecule has 0 spiro atoms. The number of fused-ring (bicyclic) bond motifs is 1. The van der Waals surface area contributed by atoms with Crippen molar-refractivity contribution in [2.45, 2.75) is 59.1 Å². The predicted octanol–water partition coefficient (Wildman–Crippen LogP) is 6.36. The first-order valence-electron chi connectivity index (χ1n) is 11.2. The van der Waals surface area contributed by atoms with Gasteiger partial charge in [-0.15, -0.1) is 0 Å². The van der Waals surface area contributed by atoms with Crippen LogP contribution in [0.15, 0.2) is 42.5 Å². The van der Waals surface area contributed by atoms with Crippen molar-refractivity contribution in [3.8, 4) is 23.1 Å². The number of amides is 1. The molecule has 3 aromatic rings. The van der Waals surface area contributed by atoms with E-state index >= 15 is 0 Å². The molecule has 2 aromatic carbocycles. The van der Waals surface area contributed by atoms with Crippen LogP contribution in [0.25, 0.3) is 22.2 Å². The third-order valence-electron chi connectivity index (χ3n) is 5.99. The van der Waals surface area contributed by atoms with Gasteiger partial charge in [-0.25, -0.2) is 0 Å². The Labute approximate surface area is 185 Å². The Bertz CT molecular complexity index is 1140. The van der Waals surface area contributed by atoms with E-state index < -0.39 is 0 Å². The molecule has 162 valence electrons. The minimum Gasteiger partial charge on any atom is -0.491 e. The Morgan fingerprint density at radius 2 is 1.94 bits per heavy atom. The average molecular weight is 418 g/mol. The van der Waals surface area contributed by atoms with E-state index in [1.165, 1.54) is 0 Å². The molecule has 0 bridgehead atoms. The number of aryl methyl sites for hydroxylation is 1. The van der Waals surface area contributed by atoms with Gasteiger partial charge in [0.05, 0.1) is 22.9 Å². The molecule has 5 heteroatoms. The van der Waals surface area contributed by atoms with Crippen molar-refractivity contribution in [2.75, 3.05) is 5.32 Å². The van der Waals surface area contributed by atoms with E-state index in [4.69, 9.17) is 4.74 Å². The first-order chi connectivity index (χ1) is 15.0. The van der Waals surface area contributed by atoms with Crippen molar-refractivity contribution < 1.29 is 11.0 Å². The summed E-state index contributed by atoms with van der Waals surface area (Å²) in [5.41, 5.74) is 4.31. The summed E-state index contributed by atoms with van der Waals surface area (Å²) in [4.78, 5) is 12.4. The van der Waals surface area contributed by atoms with Crippen LogP contribution in [-0.2, 0) is 11.3 Å². The lowest BCUT2D eigenvalue weighted by Gasteiger charge is -2.13. The van der Waals surface area contributed by atoms with Crippen LogP contribution in [0.3, 0.4) is 0 Å². The van der Waals surface area contributed by atoms with Crippen LogP contribution in [0.1, 0.15) is 53.4 Å². The fraction of sp³-hybridized carbons (Fsp3) is 0.385. The minimum absolute atomic E-state index is 0. The lowest BCUT2D eigenvalue weighted by Crippen LogP contribution is -2.20. The minimum atomic E-state index is 0. The van der Waals surface area contributed by atoms with Gasteiger partial charge in [-0.2, -0.15) is 5.26 Å². The van der Waals surface area contributed by atoms with Gasteiger partial charge < -0.3 is 14.6 Å². The number of nitrogens with zero attached hydrogens (tertiary/aromatic N) is 2. The summed E-state index contributed by atoms with van der Waals surface area (Å²) in [6.07, 6.45) is 4.33. The molecule has 4 rings (SSSR count). The molecule has 0 radical (unpaired) electrons. The van der Waals surface area contributed by atoms with E-state index in [1.807, 2.05) is 56.3 Å². The van der Waals surface area contributed by atoms with E-state index in [-0.39, 0.29) is 19.4 Å². The van der Waals surface area contributed by atoms with E-state index in [0.717, 1.165) is 65.8 Å². The number of anilines is 1. The van der Waals surface area contributed by atoms with Gasteiger partial charge >= 0.3 is 0 Å². The summed E-state index contributed by atoms with van der Waals surface area (Å²) >= 11 is 0. The standard InChI is InChI=1S/C26H29N3O2.H2/c1-4-29-24-15-21(31-17(2)3)13-14-22(24)23(16-27)25(29)18-9-11-20(12-10-18)28-26(30)19-7-5-6-8-19;/h9-15,17,19H,4-8H2,1-3H3,(H,28,30);1H. The lowest BCUT2D eigenvalue weighted by molar-refractivity contribution is -0.119. The Balaban J connectivity index is 0.00000289. The van der Waals surface area contributed by atoms with Gasteiger partial charge in [0.2, 0.25) is 5.91 Å². The number of benzene rings is 2. The molecule has 31 heavy (non-hydrogen) atoms. The SMILES string of the molecule is CCn1c(-c2ccc(NC(=O)C3CCCC3)cc2)c(C#N)c2ccc(OC(C)C)cc21.[HH]. The fourth-order valence-electron chi connectivity index (χ4n) is 4.56. The molecule has 1 amide bonds. The molecule has 1 saturated carbocycles. The number of rotatable bonds is 6. The molecule has 1 N–H and O–H groups in total. The van der Waals surface area contributed by atoms with Crippen molar-refractivity contribution in [3.05, 3.63) is 48.0 Å². The Kier molecular flexibility index (Phi) is 5.99. The van der Waals surface area contributed by atoms with Gasteiger partial charge in [-0.3, -0.25) is 4.79 Å². The normalized spacial score (nSPS) is 14.2. The zero-order valence-electron chi connectivity index (χ0n) is 18.4. The van der Waals surface area contributed by atoms with Gasteiger partial charge in [0.15, 0.2) is 0 Å². The van der Waals surface area contributed by atoms with E-state index in [9.17, 15) is 10.1 Å². The highest BCUT2D eigenvalue weighted by molar-refractivity contribution is 5.96. The molecule has 0 aliphatic heterocycles. The maximum absolute atomic E-state index is 12.4. The summed E-state index contributed by atoms with van der Waals surface area (Å²) in [7, 11) is 0. The molecule has 1 aromatic heterocycles. The number of nitriles is 1. The first kappa shape index (κ1) is 21.0. The third-order valence-corrected chi connectivity index (χ3v) is 5.99. The second kappa shape index (κ2) is 8.85. The van der Waals surface area contributed by atoms with Gasteiger partial charge in [-0.1, -0.05) is 25.0 Å². The topological polar surface area (TPSA) is 67.0 Å². The largest absolute Gasteiger partial charge is 0.491 e. The van der Waals surface area contributed by atoms with Crippen molar-refractivity contribution >= 4 is 22.5 Å². The number of carbonyl (C=O) groups is 1. The summed E-state index contributed by atoms with van der Waals surface area (Å²) in [6, 6.07) is 16.1. The van der Waals surface area contributed by atoms with Crippen LogP contribution in [0, 0.1) is 17.2 Å². The molecular weight excluding hydrogens is 386 g/mol. The lowest BCUT2D eigenvalue weighted by atomic mass is 10.0. The molecular formula is C26H31N3O2. The van der Waals surface area contributed by atoms with E-state index in [0.29, 0.717) is 5.56 Å². The number of aromatic nitrogens is 1. The quantitative estimate of drug-likeness (QED) is 0.507. The van der Waals surface area contributed by atoms with E-state index in [2.05, 4.69) is 22.9 Å². The van der Waals surface area contributed by atoms with Crippen LogP contribution in [-0.4, -0.2) is 16.6 Å². The zero-order chi connectivity index (χ0) is 22.0. The summed E-state index contributed by atoms with van der Waals surface area (Å²) in [5, 5.41) is 13.9. The van der Waals surface area contributed by atoms with Crippen molar-refractivity contribution in [1.29, 1.82) is 5.26 Å².